The summed E-state index contributed by atoms with van der Waals surface area (Å²) in [5.74, 6) is 0.889. The van der Waals surface area contributed by atoms with Gasteiger partial charge in [0.15, 0.2) is 0 Å². The summed E-state index contributed by atoms with van der Waals surface area (Å²) in [6, 6.07) is 13.2. The van der Waals surface area contributed by atoms with Gasteiger partial charge in [0.1, 0.15) is 5.75 Å². The van der Waals surface area contributed by atoms with E-state index in [1.807, 2.05) is 11.0 Å². The second-order valence-electron chi connectivity index (χ2n) is 6.32. The highest BCUT2D eigenvalue weighted by Gasteiger charge is 2.35. The molecule has 0 saturated carbocycles. The first-order valence-electron chi connectivity index (χ1n) is 8.06. The predicted molar refractivity (Wildman–Crippen MR) is 89.7 cm³/mol. The molecule has 2 aromatic carbocycles. The molecule has 0 bridgehead atoms. The number of hydrogen-bond acceptors (Lipinski definition) is 3. The minimum absolute atomic E-state index is 0.0919. The monoisotopic (exact) mass is 311 g/mol. The fraction of sp³-hybridized carbons (Fsp3) is 0.389. The van der Waals surface area contributed by atoms with Crippen molar-refractivity contribution in [3.8, 4) is 5.75 Å². The van der Waals surface area contributed by atoms with Crippen molar-refractivity contribution < 1.29 is 9.53 Å². The lowest BCUT2D eigenvalue weighted by Crippen LogP contribution is -2.51. The van der Waals surface area contributed by atoms with Crippen LogP contribution in [0.15, 0.2) is 36.4 Å². The van der Waals surface area contributed by atoms with Crippen LogP contribution in [-0.4, -0.2) is 55.2 Å². The number of ether oxygens (including phenoxy) is 1. The number of piperazine rings is 1. The summed E-state index contributed by atoms with van der Waals surface area (Å²) in [4.78, 5) is 16.1. The van der Waals surface area contributed by atoms with Gasteiger partial charge in [-0.3, -0.25) is 4.90 Å². The lowest BCUT2D eigenvalue weighted by molar-refractivity contribution is 0.116. The van der Waals surface area contributed by atoms with Crippen molar-refractivity contribution in [2.45, 2.75) is 12.6 Å². The van der Waals surface area contributed by atoms with Gasteiger partial charge in [-0.05, 0) is 34.5 Å². The average molecular weight is 311 g/mol. The summed E-state index contributed by atoms with van der Waals surface area (Å²) in [6.07, 6.45) is 0. The molecule has 23 heavy (non-hydrogen) atoms. The molecule has 5 nitrogen and oxygen atoms in total. The summed E-state index contributed by atoms with van der Waals surface area (Å²) in [5, 5.41) is 5.36. The van der Waals surface area contributed by atoms with Gasteiger partial charge in [-0.2, -0.15) is 0 Å². The van der Waals surface area contributed by atoms with Crippen molar-refractivity contribution in [2.24, 2.45) is 0 Å². The van der Waals surface area contributed by atoms with Crippen LogP contribution in [0, 0.1) is 0 Å². The van der Waals surface area contributed by atoms with Crippen molar-refractivity contribution in [1.29, 1.82) is 0 Å². The maximum absolute atomic E-state index is 11.7. The highest BCUT2D eigenvalue weighted by Crippen LogP contribution is 2.23. The van der Waals surface area contributed by atoms with Gasteiger partial charge in [0.25, 0.3) is 0 Å². The Labute approximate surface area is 135 Å². The van der Waals surface area contributed by atoms with E-state index in [9.17, 15) is 4.79 Å². The van der Waals surface area contributed by atoms with Crippen LogP contribution in [0.4, 0.5) is 4.79 Å². The van der Waals surface area contributed by atoms with Crippen molar-refractivity contribution in [3.05, 3.63) is 42.0 Å². The quantitative estimate of drug-likeness (QED) is 0.944. The Bertz CT molecular complexity index is 746. The number of carbonyl (C=O) groups is 1. The molecule has 2 amide bonds. The van der Waals surface area contributed by atoms with E-state index in [2.05, 4.69) is 40.5 Å². The Balaban J connectivity index is 1.48. The fourth-order valence-corrected chi connectivity index (χ4v) is 3.57. The smallest absolute Gasteiger partial charge is 0.317 e. The van der Waals surface area contributed by atoms with E-state index in [0.29, 0.717) is 6.04 Å². The first kappa shape index (κ1) is 14.3. The highest BCUT2D eigenvalue weighted by molar-refractivity contribution is 5.84. The number of urea groups is 1. The minimum atomic E-state index is 0.0919. The molecule has 2 aromatic rings. The molecule has 0 aliphatic carbocycles. The van der Waals surface area contributed by atoms with Gasteiger partial charge in [0.2, 0.25) is 0 Å². The Morgan fingerprint density at radius 1 is 1.17 bits per heavy atom. The molecule has 1 N–H and O–H groups in total. The Morgan fingerprint density at radius 3 is 2.87 bits per heavy atom. The van der Waals surface area contributed by atoms with Crippen LogP contribution in [0.2, 0.25) is 0 Å². The molecular formula is C18H21N3O2. The molecule has 120 valence electrons. The third kappa shape index (κ3) is 2.72. The maximum Gasteiger partial charge on any atom is 0.317 e. The Morgan fingerprint density at radius 2 is 2.00 bits per heavy atom. The Kier molecular flexibility index (Phi) is 3.58. The van der Waals surface area contributed by atoms with Crippen LogP contribution in [0.25, 0.3) is 10.8 Å². The molecule has 2 aliphatic rings. The van der Waals surface area contributed by atoms with Gasteiger partial charge in [-0.15, -0.1) is 0 Å². The van der Waals surface area contributed by atoms with Crippen molar-refractivity contribution in [2.75, 3.05) is 33.3 Å². The van der Waals surface area contributed by atoms with Gasteiger partial charge in [-0.1, -0.05) is 18.2 Å². The lowest BCUT2D eigenvalue weighted by atomic mass is 10.1. The molecule has 5 heteroatoms. The van der Waals surface area contributed by atoms with Crippen molar-refractivity contribution in [1.82, 2.24) is 15.1 Å². The molecule has 0 radical (unpaired) electrons. The third-order valence-electron chi connectivity index (χ3n) is 4.83. The van der Waals surface area contributed by atoms with E-state index < -0.39 is 0 Å². The summed E-state index contributed by atoms with van der Waals surface area (Å²) in [7, 11) is 1.69. The molecule has 0 unspecified atom stereocenters. The van der Waals surface area contributed by atoms with Crippen LogP contribution >= 0.6 is 0 Å². The normalized spacial score (nSPS) is 21.3. The second kappa shape index (κ2) is 5.74. The molecular weight excluding hydrogens is 290 g/mol. The van der Waals surface area contributed by atoms with Crippen molar-refractivity contribution >= 4 is 16.8 Å². The maximum atomic E-state index is 11.7. The SMILES string of the molecule is COc1ccc2cc(CN3CCN4C(=O)NC[C@H]4C3)ccc2c1. The van der Waals surface area contributed by atoms with Crippen LogP contribution in [0.5, 0.6) is 5.75 Å². The van der Waals surface area contributed by atoms with Gasteiger partial charge >= 0.3 is 6.03 Å². The van der Waals surface area contributed by atoms with Crippen LogP contribution in [-0.2, 0) is 6.54 Å². The van der Waals surface area contributed by atoms with E-state index in [-0.39, 0.29) is 6.03 Å². The Hall–Kier alpha value is -2.27. The molecule has 4 rings (SSSR count). The van der Waals surface area contributed by atoms with Crippen LogP contribution in [0.3, 0.4) is 0 Å². The molecule has 2 aliphatic heterocycles. The highest BCUT2D eigenvalue weighted by atomic mass is 16.5. The van der Waals surface area contributed by atoms with E-state index >= 15 is 0 Å². The molecule has 0 spiro atoms. The summed E-state index contributed by atoms with van der Waals surface area (Å²) >= 11 is 0. The number of hydrogen-bond donors (Lipinski definition) is 1. The third-order valence-corrected chi connectivity index (χ3v) is 4.83. The van der Waals surface area contributed by atoms with E-state index in [0.717, 1.165) is 38.5 Å². The number of nitrogens with one attached hydrogen (secondary N) is 1. The van der Waals surface area contributed by atoms with Gasteiger partial charge in [-0.25, -0.2) is 4.79 Å². The number of amides is 2. The molecule has 2 saturated heterocycles. The van der Waals surface area contributed by atoms with Gasteiger partial charge < -0.3 is 15.0 Å². The number of carbonyl (C=O) groups excluding carboxylic acids is 1. The minimum Gasteiger partial charge on any atom is -0.497 e. The average Bonchev–Trinajstić information content (AvgIpc) is 2.95. The second-order valence-corrected chi connectivity index (χ2v) is 6.32. The topological polar surface area (TPSA) is 44.8 Å². The molecule has 2 heterocycles. The lowest BCUT2D eigenvalue weighted by Gasteiger charge is -2.36. The number of nitrogens with zero attached hydrogens (tertiary/aromatic N) is 2. The first-order valence-corrected chi connectivity index (χ1v) is 8.06. The van der Waals surface area contributed by atoms with E-state index in [1.54, 1.807) is 7.11 Å². The van der Waals surface area contributed by atoms with Crippen LogP contribution < -0.4 is 10.1 Å². The van der Waals surface area contributed by atoms with Crippen molar-refractivity contribution in [3.63, 3.8) is 0 Å². The summed E-state index contributed by atoms with van der Waals surface area (Å²) < 4.78 is 5.28. The van der Waals surface area contributed by atoms with Gasteiger partial charge in [0.05, 0.1) is 13.2 Å². The number of benzene rings is 2. The zero-order valence-electron chi connectivity index (χ0n) is 13.3. The number of rotatable bonds is 3. The molecule has 2 fully saturated rings. The molecule has 1 atom stereocenters. The zero-order chi connectivity index (χ0) is 15.8. The van der Waals surface area contributed by atoms with Crippen LogP contribution in [0.1, 0.15) is 5.56 Å². The van der Waals surface area contributed by atoms with E-state index in [1.165, 1.54) is 16.3 Å². The first-order chi connectivity index (χ1) is 11.2. The number of fused-ring (bicyclic) bond motifs is 2. The largest absolute Gasteiger partial charge is 0.497 e. The standard InChI is InChI=1S/C18H21N3O2/c1-23-17-5-4-14-8-13(2-3-15(14)9-17)11-20-6-7-21-16(12-20)10-19-18(21)22/h2-5,8-9,16H,6-7,10-12H2,1H3,(H,19,22)/t16-/m0/s1. The molecule has 0 aromatic heterocycles. The predicted octanol–water partition coefficient (Wildman–Crippen LogP) is 2.06. The number of methoxy groups -OCH3 is 1. The fourth-order valence-electron chi connectivity index (χ4n) is 3.57. The summed E-state index contributed by atoms with van der Waals surface area (Å²) in [6.45, 7) is 4.40. The van der Waals surface area contributed by atoms with Gasteiger partial charge in [0, 0.05) is 32.7 Å². The van der Waals surface area contributed by atoms with E-state index in [4.69, 9.17) is 4.74 Å². The zero-order valence-corrected chi connectivity index (χ0v) is 13.3. The summed E-state index contributed by atoms with van der Waals surface area (Å²) in [5.41, 5.74) is 1.31.